The third kappa shape index (κ3) is 2.67. The number of aromatic nitrogens is 1. The Balaban J connectivity index is 2.00. The summed E-state index contributed by atoms with van der Waals surface area (Å²) < 4.78 is 5.19. The molecule has 1 aromatic heterocycles. The highest BCUT2D eigenvalue weighted by molar-refractivity contribution is 5.93. The van der Waals surface area contributed by atoms with Crippen molar-refractivity contribution in [2.75, 3.05) is 12.4 Å². The van der Waals surface area contributed by atoms with Crippen LogP contribution in [0.1, 0.15) is 0 Å². The maximum Gasteiger partial charge on any atom is 0.271 e. The fraction of sp³-hybridized carbons (Fsp3) is 0.0625. The molecule has 0 unspecified atom stereocenters. The lowest BCUT2D eigenvalue weighted by Crippen LogP contribution is -1.94. The van der Waals surface area contributed by atoms with Crippen LogP contribution in [0.5, 0.6) is 5.75 Å². The van der Waals surface area contributed by atoms with E-state index in [1.165, 1.54) is 12.1 Å². The first-order valence-corrected chi connectivity index (χ1v) is 6.61. The number of nitrogens with one attached hydrogen (secondary N) is 1. The van der Waals surface area contributed by atoms with E-state index in [1.54, 1.807) is 25.4 Å². The van der Waals surface area contributed by atoms with Crippen molar-refractivity contribution in [3.8, 4) is 5.75 Å². The van der Waals surface area contributed by atoms with E-state index >= 15 is 0 Å². The second-order valence-corrected chi connectivity index (χ2v) is 4.67. The van der Waals surface area contributed by atoms with Gasteiger partial charge in [-0.15, -0.1) is 0 Å². The van der Waals surface area contributed by atoms with Gasteiger partial charge in [0.25, 0.3) is 5.69 Å². The third-order valence-electron chi connectivity index (χ3n) is 3.29. The van der Waals surface area contributed by atoms with E-state index in [4.69, 9.17) is 4.74 Å². The number of rotatable bonds is 4. The Morgan fingerprint density at radius 3 is 2.82 bits per heavy atom. The number of pyridine rings is 1. The number of benzene rings is 2. The molecule has 0 amide bonds. The number of ether oxygens (including phenoxy) is 1. The van der Waals surface area contributed by atoms with Crippen LogP contribution in [0.4, 0.5) is 17.1 Å². The van der Waals surface area contributed by atoms with Crippen LogP contribution in [0.2, 0.25) is 0 Å². The Hall–Kier alpha value is -3.15. The maximum absolute atomic E-state index is 10.8. The Bertz CT molecular complexity index is 849. The molecule has 6 nitrogen and oxygen atoms in total. The number of nitro groups is 1. The predicted molar refractivity (Wildman–Crippen MR) is 84.7 cm³/mol. The molecule has 0 aliphatic carbocycles. The normalized spacial score (nSPS) is 10.4. The largest absolute Gasteiger partial charge is 0.497 e. The van der Waals surface area contributed by atoms with Crippen molar-refractivity contribution in [3.63, 3.8) is 0 Å². The molecule has 0 fully saturated rings. The number of nitro benzene ring substituents is 1. The first-order valence-electron chi connectivity index (χ1n) is 6.61. The smallest absolute Gasteiger partial charge is 0.271 e. The van der Waals surface area contributed by atoms with Gasteiger partial charge in [-0.3, -0.25) is 15.1 Å². The molecular formula is C16H13N3O3. The van der Waals surface area contributed by atoms with Crippen molar-refractivity contribution in [3.05, 3.63) is 64.8 Å². The minimum absolute atomic E-state index is 0.0463. The first-order chi connectivity index (χ1) is 10.7. The molecule has 1 N–H and O–H groups in total. The average Bonchev–Trinajstić information content (AvgIpc) is 2.55. The molecule has 0 radical (unpaired) electrons. The van der Waals surface area contributed by atoms with Crippen molar-refractivity contribution < 1.29 is 9.66 Å². The van der Waals surface area contributed by atoms with E-state index in [9.17, 15) is 10.1 Å². The zero-order valence-electron chi connectivity index (χ0n) is 11.8. The molecule has 6 heteroatoms. The molecule has 0 spiro atoms. The van der Waals surface area contributed by atoms with Gasteiger partial charge in [-0.25, -0.2) is 0 Å². The van der Waals surface area contributed by atoms with Crippen LogP contribution < -0.4 is 10.1 Å². The summed E-state index contributed by atoms with van der Waals surface area (Å²) in [5.41, 5.74) is 2.31. The number of fused-ring (bicyclic) bond motifs is 1. The zero-order valence-corrected chi connectivity index (χ0v) is 11.8. The quantitative estimate of drug-likeness (QED) is 0.583. The second-order valence-electron chi connectivity index (χ2n) is 4.67. The van der Waals surface area contributed by atoms with Crippen molar-refractivity contribution >= 4 is 28.0 Å². The number of anilines is 2. The molecule has 0 saturated heterocycles. The van der Waals surface area contributed by atoms with E-state index in [0.717, 1.165) is 22.3 Å². The number of hydrogen-bond donors (Lipinski definition) is 1. The Labute approximate surface area is 126 Å². The highest BCUT2D eigenvalue weighted by Crippen LogP contribution is 2.28. The Morgan fingerprint density at radius 2 is 2.05 bits per heavy atom. The number of methoxy groups -OCH3 is 1. The molecule has 2 aromatic carbocycles. The molecule has 0 aliphatic rings. The van der Waals surface area contributed by atoms with Crippen LogP contribution in [0.15, 0.2) is 54.7 Å². The van der Waals surface area contributed by atoms with Gasteiger partial charge in [0.1, 0.15) is 5.75 Å². The van der Waals surface area contributed by atoms with E-state index in [1.807, 2.05) is 24.3 Å². The van der Waals surface area contributed by atoms with Crippen molar-refractivity contribution in [1.29, 1.82) is 0 Å². The van der Waals surface area contributed by atoms with Gasteiger partial charge >= 0.3 is 0 Å². The lowest BCUT2D eigenvalue weighted by atomic mass is 10.1. The van der Waals surface area contributed by atoms with E-state index in [-0.39, 0.29) is 5.69 Å². The van der Waals surface area contributed by atoms with Crippen molar-refractivity contribution in [1.82, 2.24) is 4.98 Å². The molecule has 22 heavy (non-hydrogen) atoms. The summed E-state index contributed by atoms with van der Waals surface area (Å²) in [5.74, 6) is 0.729. The lowest BCUT2D eigenvalue weighted by Gasteiger charge is -2.10. The average molecular weight is 295 g/mol. The summed E-state index contributed by atoms with van der Waals surface area (Å²) in [4.78, 5) is 14.7. The van der Waals surface area contributed by atoms with Gasteiger partial charge in [0.15, 0.2) is 0 Å². The number of nitrogens with zero attached hydrogens (tertiary/aromatic N) is 2. The highest BCUT2D eigenvalue weighted by Gasteiger charge is 2.08. The summed E-state index contributed by atoms with van der Waals surface area (Å²) in [6.07, 6.45) is 1.68. The van der Waals surface area contributed by atoms with Gasteiger partial charge in [-0.05, 0) is 24.3 Å². The summed E-state index contributed by atoms with van der Waals surface area (Å²) >= 11 is 0. The zero-order chi connectivity index (χ0) is 15.5. The van der Waals surface area contributed by atoms with E-state index < -0.39 is 4.92 Å². The minimum atomic E-state index is -0.416. The van der Waals surface area contributed by atoms with Crippen molar-refractivity contribution in [2.45, 2.75) is 0 Å². The highest BCUT2D eigenvalue weighted by atomic mass is 16.6. The first kappa shape index (κ1) is 13.8. The predicted octanol–water partition coefficient (Wildman–Crippen LogP) is 3.90. The molecule has 1 heterocycles. The van der Waals surface area contributed by atoms with Crippen LogP contribution in [-0.2, 0) is 0 Å². The lowest BCUT2D eigenvalue weighted by molar-refractivity contribution is -0.384. The fourth-order valence-electron chi connectivity index (χ4n) is 2.22. The van der Waals surface area contributed by atoms with Gasteiger partial charge in [0.05, 0.1) is 17.5 Å². The second kappa shape index (κ2) is 5.69. The van der Waals surface area contributed by atoms with Crippen molar-refractivity contribution in [2.24, 2.45) is 0 Å². The van der Waals surface area contributed by atoms with Gasteiger partial charge < -0.3 is 10.1 Å². The summed E-state index contributed by atoms with van der Waals surface area (Å²) in [6, 6.07) is 13.8. The standard InChI is InChI=1S/C16H13N3O3/c1-22-13-5-6-14-15(7-8-17-16(14)10-13)18-11-3-2-4-12(9-11)19(20)21/h2-10H,1H3,(H,17,18). The third-order valence-corrected chi connectivity index (χ3v) is 3.29. The molecule has 3 aromatic rings. The van der Waals surface area contributed by atoms with E-state index in [0.29, 0.717) is 5.69 Å². The molecule has 3 rings (SSSR count). The Kier molecular flexibility index (Phi) is 3.57. The molecule has 0 aliphatic heterocycles. The number of non-ortho nitro benzene ring substituents is 1. The van der Waals surface area contributed by atoms with Gasteiger partial charge in [0.2, 0.25) is 0 Å². The number of hydrogen-bond acceptors (Lipinski definition) is 5. The molecule has 110 valence electrons. The summed E-state index contributed by atoms with van der Waals surface area (Å²) in [6.45, 7) is 0. The topological polar surface area (TPSA) is 77.3 Å². The Morgan fingerprint density at radius 1 is 1.18 bits per heavy atom. The monoisotopic (exact) mass is 295 g/mol. The minimum Gasteiger partial charge on any atom is -0.497 e. The summed E-state index contributed by atoms with van der Waals surface area (Å²) in [7, 11) is 1.60. The maximum atomic E-state index is 10.8. The molecule has 0 saturated carbocycles. The van der Waals surface area contributed by atoms with Crippen LogP contribution in [0.3, 0.4) is 0 Å². The fourth-order valence-corrected chi connectivity index (χ4v) is 2.22. The van der Waals surface area contributed by atoms with Gasteiger partial charge in [-0.1, -0.05) is 6.07 Å². The van der Waals surface area contributed by atoms with Crippen LogP contribution in [0, 0.1) is 10.1 Å². The van der Waals surface area contributed by atoms with Crippen LogP contribution in [0.25, 0.3) is 10.9 Å². The molecular weight excluding hydrogens is 282 g/mol. The molecule has 0 bridgehead atoms. The van der Waals surface area contributed by atoms with E-state index in [2.05, 4.69) is 10.3 Å². The van der Waals surface area contributed by atoms with Crippen LogP contribution >= 0.6 is 0 Å². The molecule has 0 atom stereocenters. The van der Waals surface area contributed by atoms with Gasteiger partial charge in [-0.2, -0.15) is 0 Å². The van der Waals surface area contributed by atoms with Gasteiger partial charge in [0, 0.05) is 41.2 Å². The SMILES string of the molecule is COc1ccc2c(Nc3cccc([N+](=O)[O-])c3)ccnc2c1. The summed E-state index contributed by atoms with van der Waals surface area (Å²) in [5, 5.41) is 14.9. The van der Waals surface area contributed by atoms with Crippen LogP contribution in [-0.4, -0.2) is 17.0 Å².